The summed E-state index contributed by atoms with van der Waals surface area (Å²) < 4.78 is 0. The van der Waals surface area contributed by atoms with Crippen molar-refractivity contribution in [3.63, 3.8) is 0 Å². The highest BCUT2D eigenvalue weighted by Gasteiger charge is 2.62. The van der Waals surface area contributed by atoms with E-state index in [1.807, 2.05) is 19.0 Å². The molecule has 5 aliphatic rings. The van der Waals surface area contributed by atoms with Gasteiger partial charge in [0, 0.05) is 50.3 Å². The van der Waals surface area contributed by atoms with Crippen LogP contribution in [0.3, 0.4) is 0 Å². The third kappa shape index (κ3) is 3.54. The minimum Gasteiger partial charge on any atom is -0.508 e. The number of rotatable bonds is 5. The van der Waals surface area contributed by atoms with Crippen LogP contribution in [0.1, 0.15) is 69.6 Å². The van der Waals surface area contributed by atoms with E-state index in [0.717, 1.165) is 17.7 Å². The Morgan fingerprint density at radius 1 is 1.10 bits per heavy atom. The number of aliphatic hydroxyl groups excluding tert-OH is 2. The molecule has 3 unspecified atom stereocenters. The predicted molar refractivity (Wildman–Crippen MR) is 156 cm³/mol. The number of anilines is 1. The molecule has 0 heterocycles. The van der Waals surface area contributed by atoms with Crippen LogP contribution in [0.15, 0.2) is 23.0 Å². The third-order valence-corrected chi connectivity index (χ3v) is 11.9. The van der Waals surface area contributed by atoms with Gasteiger partial charge in [0.25, 0.3) is 5.91 Å². The monoisotopic (exact) mass is 579 g/mol. The average Bonchev–Trinajstić information content (AvgIpc) is 3.22. The molecule has 1 amide bonds. The maximum absolute atomic E-state index is 13.8. The van der Waals surface area contributed by atoms with Crippen molar-refractivity contribution in [1.29, 1.82) is 0 Å². The summed E-state index contributed by atoms with van der Waals surface area (Å²) in [6.45, 7) is 7.62. The number of phenols is 1. The van der Waals surface area contributed by atoms with E-state index in [9.17, 15) is 34.8 Å². The van der Waals surface area contributed by atoms with Gasteiger partial charge in [0.1, 0.15) is 22.8 Å². The van der Waals surface area contributed by atoms with Crippen molar-refractivity contribution in [1.82, 2.24) is 5.32 Å². The molecule has 3 fully saturated rings. The van der Waals surface area contributed by atoms with Gasteiger partial charge < -0.3 is 36.4 Å². The molecule has 226 valence electrons. The highest BCUT2D eigenvalue weighted by atomic mass is 16.3. The molecule has 0 aromatic heterocycles. The second-order valence-electron chi connectivity index (χ2n) is 14.1. The van der Waals surface area contributed by atoms with E-state index in [0.29, 0.717) is 24.1 Å². The van der Waals surface area contributed by atoms with Gasteiger partial charge in [-0.2, -0.15) is 0 Å². The molecule has 10 heteroatoms. The van der Waals surface area contributed by atoms with Crippen molar-refractivity contribution >= 4 is 28.9 Å². The number of carbonyl (C=O) groups is 3. The van der Waals surface area contributed by atoms with Gasteiger partial charge >= 0.3 is 0 Å². The van der Waals surface area contributed by atoms with Crippen LogP contribution in [0.2, 0.25) is 0 Å². The van der Waals surface area contributed by atoms with Gasteiger partial charge in [-0.05, 0) is 72.0 Å². The fourth-order valence-electron chi connectivity index (χ4n) is 9.18. The van der Waals surface area contributed by atoms with E-state index in [-0.39, 0.29) is 47.0 Å². The molecule has 0 saturated heterocycles. The summed E-state index contributed by atoms with van der Waals surface area (Å²) in [5.41, 5.74) is 4.71. The lowest BCUT2D eigenvalue weighted by atomic mass is 9.59. The minimum absolute atomic E-state index is 0.107. The lowest BCUT2D eigenvalue weighted by Gasteiger charge is -2.46. The quantitative estimate of drug-likeness (QED) is 0.287. The standard InChI is InChI=1S/C32H41N3O7/c1-30(2)16-6-7-31(30,3)21(12-16)34-13-15-10-19(36)23-18(25(15)35(4)5)9-14-8-17-11-20(37)24(29(33)41)28(40)32(17,42)27(39)22(14)26(23)38/h10,14,16-17,21,34,36,38,40,42H,6-9,11-13H2,1-5H3,(H2,33,41)/t14?,16?,17-,21-,31?,32-/m0/s1. The molecule has 10 nitrogen and oxygen atoms in total. The number of Topliss-reactive ketones (excluding diaryl/α,β-unsaturated/α-hetero) is 2. The summed E-state index contributed by atoms with van der Waals surface area (Å²) in [7, 11) is 3.79. The normalized spacial score (nSPS) is 34.8. The van der Waals surface area contributed by atoms with E-state index in [2.05, 4.69) is 26.1 Å². The molecular weight excluding hydrogens is 538 g/mol. The first kappa shape index (κ1) is 28.7. The molecule has 1 aromatic carbocycles. The zero-order valence-electron chi connectivity index (χ0n) is 24.9. The zero-order valence-corrected chi connectivity index (χ0v) is 24.9. The number of aromatic hydroxyl groups is 1. The smallest absolute Gasteiger partial charge is 0.255 e. The van der Waals surface area contributed by atoms with Crippen LogP contribution in [0.4, 0.5) is 5.69 Å². The molecule has 0 aliphatic heterocycles. The largest absolute Gasteiger partial charge is 0.508 e. The first-order valence-electron chi connectivity index (χ1n) is 14.8. The molecule has 7 N–H and O–H groups in total. The Bertz CT molecular complexity index is 1510. The van der Waals surface area contributed by atoms with Crippen LogP contribution in [-0.2, 0) is 27.3 Å². The first-order chi connectivity index (χ1) is 19.6. The summed E-state index contributed by atoms with van der Waals surface area (Å²) in [5, 5.41) is 48.7. The number of carbonyl (C=O) groups excluding carboxylic acids is 3. The van der Waals surface area contributed by atoms with Crippen molar-refractivity contribution < 1.29 is 34.8 Å². The lowest BCUT2D eigenvalue weighted by molar-refractivity contribution is -0.147. The molecule has 6 rings (SSSR count). The topological polar surface area (TPSA) is 173 Å². The molecule has 6 atom stereocenters. The van der Waals surface area contributed by atoms with Gasteiger partial charge in [-0.15, -0.1) is 0 Å². The molecule has 0 radical (unpaired) electrons. The van der Waals surface area contributed by atoms with Crippen molar-refractivity contribution in [3.05, 3.63) is 39.7 Å². The van der Waals surface area contributed by atoms with Crippen LogP contribution in [0.5, 0.6) is 5.75 Å². The molecule has 2 bridgehead atoms. The van der Waals surface area contributed by atoms with Crippen LogP contribution < -0.4 is 16.0 Å². The van der Waals surface area contributed by atoms with Crippen LogP contribution in [-0.4, -0.2) is 63.6 Å². The number of benzene rings is 1. The maximum Gasteiger partial charge on any atom is 0.255 e. The van der Waals surface area contributed by atoms with E-state index < -0.39 is 52.0 Å². The number of phenolic OH excluding ortho intramolecular Hbond substituents is 1. The Hall–Kier alpha value is -3.37. The molecular formula is C32H41N3O7. The van der Waals surface area contributed by atoms with Crippen molar-refractivity contribution in [3.8, 4) is 5.75 Å². The van der Waals surface area contributed by atoms with Crippen LogP contribution in [0, 0.1) is 28.6 Å². The number of aliphatic hydroxyl groups is 3. The van der Waals surface area contributed by atoms with E-state index >= 15 is 0 Å². The number of amides is 1. The molecule has 1 aromatic rings. The van der Waals surface area contributed by atoms with Gasteiger partial charge in [-0.3, -0.25) is 14.4 Å². The number of hydrogen-bond donors (Lipinski definition) is 6. The summed E-state index contributed by atoms with van der Waals surface area (Å²) >= 11 is 0. The van der Waals surface area contributed by atoms with Crippen molar-refractivity contribution in [2.75, 3.05) is 19.0 Å². The van der Waals surface area contributed by atoms with Crippen LogP contribution in [0.25, 0.3) is 5.76 Å². The Morgan fingerprint density at radius 2 is 1.79 bits per heavy atom. The van der Waals surface area contributed by atoms with Gasteiger partial charge in [-0.1, -0.05) is 20.8 Å². The van der Waals surface area contributed by atoms with Gasteiger partial charge in [0.2, 0.25) is 5.78 Å². The molecule has 5 aliphatic carbocycles. The Morgan fingerprint density at radius 3 is 2.36 bits per heavy atom. The van der Waals surface area contributed by atoms with E-state index in [4.69, 9.17) is 5.73 Å². The van der Waals surface area contributed by atoms with Crippen LogP contribution >= 0.6 is 0 Å². The second-order valence-corrected chi connectivity index (χ2v) is 14.1. The predicted octanol–water partition coefficient (Wildman–Crippen LogP) is 2.79. The molecule has 3 saturated carbocycles. The number of ketones is 2. The number of nitrogens with zero attached hydrogens (tertiary/aromatic N) is 1. The van der Waals surface area contributed by atoms with Gasteiger partial charge in [0.05, 0.1) is 5.56 Å². The molecule has 42 heavy (non-hydrogen) atoms. The number of fused-ring (bicyclic) bond motifs is 5. The number of nitrogens with one attached hydrogen (secondary N) is 1. The Kier molecular flexibility index (Phi) is 6.20. The highest BCUT2D eigenvalue weighted by Crippen LogP contribution is 2.65. The van der Waals surface area contributed by atoms with Gasteiger partial charge in [0.15, 0.2) is 11.4 Å². The maximum atomic E-state index is 13.8. The summed E-state index contributed by atoms with van der Waals surface area (Å²) in [4.78, 5) is 40.2. The average molecular weight is 580 g/mol. The number of nitrogens with two attached hydrogens (primary N) is 1. The number of primary amides is 1. The zero-order chi connectivity index (χ0) is 30.7. The Labute approximate surface area is 245 Å². The van der Waals surface area contributed by atoms with Crippen molar-refractivity contribution in [2.45, 2.75) is 77.5 Å². The Balaban J connectivity index is 1.40. The fourth-order valence-corrected chi connectivity index (χ4v) is 9.18. The SMILES string of the molecule is CN(C)c1c(CN[C@H]2CC3CCC2(C)C3(C)C)cc(O)c2c1CC1C[C@H]3CC(=O)C(C(N)=O)=C(O)[C@@]3(O)C(=O)C1=C2O. The summed E-state index contributed by atoms with van der Waals surface area (Å²) in [6, 6.07) is 1.95. The number of hydrogen-bond acceptors (Lipinski definition) is 9. The minimum atomic E-state index is -2.57. The summed E-state index contributed by atoms with van der Waals surface area (Å²) in [6.07, 6.45) is 3.58. The molecule has 0 spiro atoms. The second kappa shape index (κ2) is 9.07. The first-order valence-corrected chi connectivity index (χ1v) is 14.8. The van der Waals surface area contributed by atoms with E-state index in [1.54, 1.807) is 6.07 Å². The lowest BCUT2D eigenvalue weighted by Crippen LogP contribution is -2.58. The van der Waals surface area contributed by atoms with E-state index in [1.165, 1.54) is 12.8 Å². The van der Waals surface area contributed by atoms with Crippen molar-refractivity contribution in [2.24, 2.45) is 34.3 Å². The fraction of sp³-hybridized carbons (Fsp3) is 0.594. The third-order valence-electron chi connectivity index (χ3n) is 11.9. The van der Waals surface area contributed by atoms with Gasteiger partial charge in [-0.25, -0.2) is 0 Å². The highest BCUT2D eigenvalue weighted by molar-refractivity contribution is 6.22. The summed E-state index contributed by atoms with van der Waals surface area (Å²) in [5.74, 6) is -5.56.